The van der Waals surface area contributed by atoms with Crippen LogP contribution in [0.5, 0.6) is 0 Å². The highest BCUT2D eigenvalue weighted by molar-refractivity contribution is 5.60. The quantitative estimate of drug-likeness (QED) is 0.702. The fourth-order valence-corrected chi connectivity index (χ4v) is 1.71. The monoisotopic (exact) mass is 205 g/mol. The van der Waals surface area contributed by atoms with Crippen molar-refractivity contribution in [2.45, 2.75) is 19.0 Å². The number of carbonyl (C=O) groups is 1. The first-order chi connectivity index (χ1) is 7.33. The van der Waals surface area contributed by atoms with Crippen molar-refractivity contribution in [1.82, 2.24) is 5.43 Å². The lowest BCUT2D eigenvalue weighted by molar-refractivity contribution is -0.109. The van der Waals surface area contributed by atoms with Crippen molar-refractivity contribution < 1.29 is 4.79 Å². The van der Waals surface area contributed by atoms with Gasteiger partial charge in [0.15, 0.2) is 0 Å². The summed E-state index contributed by atoms with van der Waals surface area (Å²) < 4.78 is 0. The van der Waals surface area contributed by atoms with Crippen LogP contribution >= 0.6 is 0 Å². The SMILES string of the molecule is NCc1ccc(N2CCC(C=O)N2)cc1. The number of rotatable bonds is 3. The zero-order valence-corrected chi connectivity index (χ0v) is 8.52. The molecule has 1 fully saturated rings. The highest BCUT2D eigenvalue weighted by Gasteiger charge is 2.20. The number of aldehydes is 1. The van der Waals surface area contributed by atoms with Crippen LogP contribution in [0.1, 0.15) is 12.0 Å². The third-order valence-corrected chi connectivity index (χ3v) is 2.63. The largest absolute Gasteiger partial charge is 0.326 e. The minimum atomic E-state index is -0.0424. The van der Waals surface area contributed by atoms with Crippen LogP contribution in [0.25, 0.3) is 0 Å². The van der Waals surface area contributed by atoms with E-state index in [9.17, 15) is 4.79 Å². The highest BCUT2D eigenvalue weighted by atomic mass is 16.1. The van der Waals surface area contributed by atoms with Crippen molar-refractivity contribution in [2.75, 3.05) is 11.6 Å². The molecule has 0 aliphatic carbocycles. The van der Waals surface area contributed by atoms with Crippen LogP contribution in [-0.4, -0.2) is 18.9 Å². The van der Waals surface area contributed by atoms with Crippen molar-refractivity contribution in [3.63, 3.8) is 0 Å². The lowest BCUT2D eigenvalue weighted by Gasteiger charge is -2.18. The van der Waals surface area contributed by atoms with Crippen LogP contribution in [0, 0.1) is 0 Å². The molecule has 3 N–H and O–H groups in total. The van der Waals surface area contributed by atoms with Gasteiger partial charge >= 0.3 is 0 Å². The van der Waals surface area contributed by atoms with Gasteiger partial charge in [0.1, 0.15) is 6.29 Å². The van der Waals surface area contributed by atoms with Gasteiger partial charge in [-0.15, -0.1) is 0 Å². The Hall–Kier alpha value is -1.39. The molecule has 0 spiro atoms. The molecule has 1 aliphatic heterocycles. The molecule has 80 valence electrons. The molecular formula is C11H15N3O. The molecule has 2 rings (SSSR count). The standard InChI is InChI=1S/C11H15N3O/c12-7-9-1-3-11(4-2-9)14-6-5-10(8-15)13-14/h1-4,8,10,13H,5-7,12H2. The number of anilines is 1. The molecule has 1 atom stereocenters. The van der Waals surface area contributed by atoms with E-state index >= 15 is 0 Å². The summed E-state index contributed by atoms with van der Waals surface area (Å²) in [5, 5.41) is 2.00. The molecule has 0 aromatic heterocycles. The number of hydrogen-bond acceptors (Lipinski definition) is 4. The molecule has 0 saturated carbocycles. The molecule has 1 heterocycles. The summed E-state index contributed by atoms with van der Waals surface area (Å²) in [7, 11) is 0. The van der Waals surface area contributed by atoms with Gasteiger partial charge in [-0.1, -0.05) is 12.1 Å². The van der Waals surface area contributed by atoms with E-state index in [1.54, 1.807) is 0 Å². The van der Waals surface area contributed by atoms with E-state index in [0.29, 0.717) is 6.54 Å². The zero-order chi connectivity index (χ0) is 10.7. The number of nitrogens with two attached hydrogens (primary N) is 1. The summed E-state index contributed by atoms with van der Waals surface area (Å²) in [4.78, 5) is 10.6. The molecule has 1 aromatic carbocycles. The van der Waals surface area contributed by atoms with Gasteiger partial charge in [-0.25, -0.2) is 5.43 Å². The average Bonchev–Trinajstić information content (AvgIpc) is 2.78. The Balaban J connectivity index is 2.07. The van der Waals surface area contributed by atoms with Gasteiger partial charge in [0.05, 0.1) is 11.7 Å². The summed E-state index contributed by atoms with van der Waals surface area (Å²) in [6, 6.07) is 8.00. The smallest absolute Gasteiger partial charge is 0.138 e. The molecule has 1 unspecified atom stereocenters. The van der Waals surface area contributed by atoms with E-state index in [-0.39, 0.29) is 6.04 Å². The van der Waals surface area contributed by atoms with Crippen molar-refractivity contribution in [3.8, 4) is 0 Å². The Morgan fingerprint density at radius 3 is 2.73 bits per heavy atom. The van der Waals surface area contributed by atoms with E-state index in [4.69, 9.17) is 5.73 Å². The predicted octanol–water partition coefficient (Wildman–Crippen LogP) is 0.427. The molecule has 15 heavy (non-hydrogen) atoms. The first-order valence-electron chi connectivity index (χ1n) is 5.11. The summed E-state index contributed by atoms with van der Waals surface area (Å²) in [5.74, 6) is 0. The normalized spacial score (nSPS) is 20.6. The van der Waals surface area contributed by atoms with Crippen LogP contribution in [0.2, 0.25) is 0 Å². The maximum atomic E-state index is 10.6. The van der Waals surface area contributed by atoms with E-state index in [1.807, 2.05) is 29.3 Å². The maximum Gasteiger partial charge on any atom is 0.138 e. The Bertz CT molecular complexity index is 336. The molecule has 1 saturated heterocycles. The third kappa shape index (κ3) is 2.16. The van der Waals surface area contributed by atoms with Crippen molar-refractivity contribution in [3.05, 3.63) is 29.8 Å². The number of hydrazine groups is 1. The second kappa shape index (κ2) is 4.42. The second-order valence-electron chi connectivity index (χ2n) is 3.68. The van der Waals surface area contributed by atoms with E-state index in [2.05, 4.69) is 5.43 Å². The van der Waals surface area contributed by atoms with Crippen LogP contribution in [0.4, 0.5) is 5.69 Å². The first-order valence-corrected chi connectivity index (χ1v) is 5.11. The molecule has 0 radical (unpaired) electrons. The summed E-state index contributed by atoms with van der Waals surface area (Å²) >= 11 is 0. The summed E-state index contributed by atoms with van der Waals surface area (Å²) in [6.45, 7) is 1.43. The number of nitrogens with zero attached hydrogens (tertiary/aromatic N) is 1. The second-order valence-corrected chi connectivity index (χ2v) is 3.68. The van der Waals surface area contributed by atoms with Gasteiger partial charge < -0.3 is 15.5 Å². The first kappa shape index (κ1) is 10.1. The fourth-order valence-electron chi connectivity index (χ4n) is 1.71. The lowest BCUT2D eigenvalue weighted by Crippen LogP contribution is -2.36. The minimum Gasteiger partial charge on any atom is -0.326 e. The van der Waals surface area contributed by atoms with Crippen LogP contribution in [0.15, 0.2) is 24.3 Å². The maximum absolute atomic E-state index is 10.6. The molecule has 1 aromatic rings. The molecule has 4 heteroatoms. The van der Waals surface area contributed by atoms with Crippen molar-refractivity contribution >= 4 is 12.0 Å². The predicted molar refractivity (Wildman–Crippen MR) is 59.3 cm³/mol. The lowest BCUT2D eigenvalue weighted by atomic mass is 10.2. The molecule has 4 nitrogen and oxygen atoms in total. The fraction of sp³-hybridized carbons (Fsp3) is 0.364. The highest BCUT2D eigenvalue weighted by Crippen LogP contribution is 2.17. The summed E-state index contributed by atoms with van der Waals surface area (Å²) in [5.41, 5.74) is 10.8. The number of nitrogens with one attached hydrogen (secondary N) is 1. The number of benzene rings is 1. The zero-order valence-electron chi connectivity index (χ0n) is 8.52. The summed E-state index contributed by atoms with van der Waals surface area (Å²) in [6.07, 6.45) is 1.82. The molecule has 0 amide bonds. The van der Waals surface area contributed by atoms with E-state index in [1.165, 1.54) is 0 Å². The third-order valence-electron chi connectivity index (χ3n) is 2.63. The average molecular weight is 205 g/mol. The van der Waals surface area contributed by atoms with Gasteiger partial charge in [-0.05, 0) is 24.1 Å². The number of carbonyl (C=O) groups excluding carboxylic acids is 1. The Kier molecular flexibility index (Phi) is 2.99. The van der Waals surface area contributed by atoms with E-state index in [0.717, 1.165) is 30.5 Å². The topological polar surface area (TPSA) is 58.4 Å². The van der Waals surface area contributed by atoms with Gasteiger partial charge in [-0.3, -0.25) is 0 Å². The van der Waals surface area contributed by atoms with Crippen LogP contribution in [-0.2, 0) is 11.3 Å². The van der Waals surface area contributed by atoms with Crippen molar-refractivity contribution in [2.24, 2.45) is 5.73 Å². The Morgan fingerprint density at radius 2 is 2.20 bits per heavy atom. The van der Waals surface area contributed by atoms with Gasteiger partial charge in [0, 0.05) is 13.1 Å². The van der Waals surface area contributed by atoms with Gasteiger partial charge in [0.2, 0.25) is 0 Å². The van der Waals surface area contributed by atoms with Gasteiger partial charge in [0.25, 0.3) is 0 Å². The molecular weight excluding hydrogens is 190 g/mol. The van der Waals surface area contributed by atoms with Crippen LogP contribution < -0.4 is 16.2 Å². The Morgan fingerprint density at radius 1 is 1.47 bits per heavy atom. The van der Waals surface area contributed by atoms with Crippen molar-refractivity contribution in [1.29, 1.82) is 0 Å². The molecule has 1 aliphatic rings. The van der Waals surface area contributed by atoms with E-state index < -0.39 is 0 Å². The van der Waals surface area contributed by atoms with Gasteiger partial charge in [-0.2, -0.15) is 0 Å². The Labute approximate surface area is 89.0 Å². The minimum absolute atomic E-state index is 0.0424. The number of hydrogen-bond donors (Lipinski definition) is 2. The molecule has 0 bridgehead atoms. The van der Waals surface area contributed by atoms with Crippen LogP contribution in [0.3, 0.4) is 0 Å².